The van der Waals surface area contributed by atoms with E-state index in [2.05, 4.69) is 0 Å². The standard InChI is InChI=1S/C7H11F2NO3/c8-6(9)3-10-1-2-13-4-5(10)7(11)12/h5-6H,1-4H2,(H,11,12)/t5-/m1/s1. The summed E-state index contributed by atoms with van der Waals surface area (Å²) in [4.78, 5) is 11.8. The zero-order valence-electron chi connectivity index (χ0n) is 6.95. The highest BCUT2D eigenvalue weighted by atomic mass is 19.3. The fourth-order valence-corrected chi connectivity index (χ4v) is 1.26. The molecule has 4 nitrogen and oxygen atoms in total. The lowest BCUT2D eigenvalue weighted by atomic mass is 10.2. The normalized spacial score (nSPS) is 25.0. The molecule has 1 aliphatic rings. The maximum absolute atomic E-state index is 12.0. The van der Waals surface area contributed by atoms with Gasteiger partial charge in [0.05, 0.1) is 19.8 Å². The average Bonchev–Trinajstić information content (AvgIpc) is 2.03. The highest BCUT2D eigenvalue weighted by Gasteiger charge is 2.30. The summed E-state index contributed by atoms with van der Waals surface area (Å²) in [7, 11) is 0. The summed E-state index contributed by atoms with van der Waals surface area (Å²) in [5, 5.41) is 8.65. The van der Waals surface area contributed by atoms with E-state index in [4.69, 9.17) is 9.84 Å². The van der Waals surface area contributed by atoms with Crippen molar-refractivity contribution in [2.75, 3.05) is 26.3 Å². The minimum atomic E-state index is -2.50. The van der Waals surface area contributed by atoms with Crippen molar-refractivity contribution in [2.45, 2.75) is 12.5 Å². The van der Waals surface area contributed by atoms with Crippen LogP contribution in [0.15, 0.2) is 0 Å². The fourth-order valence-electron chi connectivity index (χ4n) is 1.26. The van der Waals surface area contributed by atoms with Crippen LogP contribution in [0.4, 0.5) is 8.78 Å². The van der Waals surface area contributed by atoms with Gasteiger partial charge in [0, 0.05) is 6.54 Å². The number of nitrogens with zero attached hydrogens (tertiary/aromatic N) is 1. The van der Waals surface area contributed by atoms with Gasteiger partial charge in [0.2, 0.25) is 0 Å². The summed E-state index contributed by atoms with van der Waals surface area (Å²) in [6.45, 7) is 0.0557. The minimum absolute atomic E-state index is 0.0119. The van der Waals surface area contributed by atoms with E-state index >= 15 is 0 Å². The summed E-state index contributed by atoms with van der Waals surface area (Å²) < 4.78 is 28.8. The van der Waals surface area contributed by atoms with Crippen molar-refractivity contribution in [3.8, 4) is 0 Å². The van der Waals surface area contributed by atoms with Gasteiger partial charge in [0.15, 0.2) is 0 Å². The van der Waals surface area contributed by atoms with Gasteiger partial charge < -0.3 is 9.84 Å². The monoisotopic (exact) mass is 195 g/mol. The Morgan fingerprint density at radius 3 is 2.92 bits per heavy atom. The van der Waals surface area contributed by atoms with Gasteiger partial charge in [0.25, 0.3) is 6.43 Å². The Morgan fingerprint density at radius 1 is 1.69 bits per heavy atom. The van der Waals surface area contributed by atoms with E-state index in [1.165, 1.54) is 4.90 Å². The lowest BCUT2D eigenvalue weighted by molar-refractivity contribution is -0.150. The SMILES string of the molecule is O=C(O)[C@H]1COCCN1CC(F)F. The zero-order chi connectivity index (χ0) is 9.84. The van der Waals surface area contributed by atoms with E-state index in [-0.39, 0.29) is 13.2 Å². The summed E-state index contributed by atoms with van der Waals surface area (Å²) in [6, 6.07) is -0.928. The zero-order valence-corrected chi connectivity index (χ0v) is 6.95. The van der Waals surface area contributed by atoms with Crippen molar-refractivity contribution in [3.63, 3.8) is 0 Å². The Balaban J connectivity index is 2.51. The summed E-state index contributed by atoms with van der Waals surface area (Å²) in [5.74, 6) is -1.11. The molecule has 0 aliphatic carbocycles. The van der Waals surface area contributed by atoms with Crippen molar-refractivity contribution < 1.29 is 23.4 Å². The van der Waals surface area contributed by atoms with Crippen LogP contribution in [-0.4, -0.2) is 54.7 Å². The van der Waals surface area contributed by atoms with E-state index < -0.39 is 25.0 Å². The summed E-state index contributed by atoms with van der Waals surface area (Å²) >= 11 is 0. The third kappa shape index (κ3) is 2.89. The number of carboxylic acid groups (broad SMARTS) is 1. The third-order valence-corrected chi connectivity index (χ3v) is 1.90. The van der Waals surface area contributed by atoms with Crippen LogP contribution < -0.4 is 0 Å². The molecular weight excluding hydrogens is 184 g/mol. The van der Waals surface area contributed by atoms with Crippen molar-refractivity contribution in [1.82, 2.24) is 4.90 Å². The molecule has 13 heavy (non-hydrogen) atoms. The summed E-state index contributed by atoms with van der Waals surface area (Å²) in [5.41, 5.74) is 0. The molecule has 1 N–H and O–H groups in total. The molecule has 1 saturated heterocycles. The molecule has 0 aromatic heterocycles. The first-order valence-corrected chi connectivity index (χ1v) is 3.94. The van der Waals surface area contributed by atoms with Gasteiger partial charge in [-0.25, -0.2) is 8.78 Å². The highest BCUT2D eigenvalue weighted by Crippen LogP contribution is 2.09. The Labute approximate surface area is 74.1 Å². The smallest absolute Gasteiger partial charge is 0.323 e. The molecule has 1 atom stereocenters. The molecule has 1 heterocycles. The van der Waals surface area contributed by atoms with Gasteiger partial charge in [-0.15, -0.1) is 0 Å². The number of alkyl halides is 2. The topological polar surface area (TPSA) is 49.8 Å². The van der Waals surface area contributed by atoms with Crippen molar-refractivity contribution in [3.05, 3.63) is 0 Å². The first-order chi connectivity index (χ1) is 6.11. The molecule has 76 valence electrons. The molecule has 1 aliphatic heterocycles. The number of carbonyl (C=O) groups is 1. The average molecular weight is 195 g/mol. The summed E-state index contributed by atoms with van der Waals surface area (Å²) in [6.07, 6.45) is -2.50. The number of ether oxygens (including phenoxy) is 1. The van der Waals surface area contributed by atoms with Crippen molar-refractivity contribution >= 4 is 5.97 Å². The Hall–Kier alpha value is -0.750. The molecule has 6 heteroatoms. The predicted octanol–water partition coefficient (Wildman–Crippen LogP) is 0.0369. The maximum atomic E-state index is 12.0. The molecule has 0 unspecified atom stereocenters. The quantitative estimate of drug-likeness (QED) is 0.690. The predicted molar refractivity (Wildman–Crippen MR) is 39.8 cm³/mol. The lowest BCUT2D eigenvalue weighted by Gasteiger charge is -2.32. The van der Waals surface area contributed by atoms with E-state index in [0.29, 0.717) is 6.61 Å². The van der Waals surface area contributed by atoms with Crippen LogP contribution in [0.1, 0.15) is 0 Å². The highest BCUT2D eigenvalue weighted by molar-refractivity contribution is 5.73. The largest absolute Gasteiger partial charge is 0.480 e. The molecule has 1 fully saturated rings. The number of hydrogen-bond acceptors (Lipinski definition) is 3. The first-order valence-electron chi connectivity index (χ1n) is 3.94. The molecule has 0 aromatic rings. The Bertz CT molecular complexity index is 189. The molecule has 0 bridgehead atoms. The molecule has 0 saturated carbocycles. The lowest BCUT2D eigenvalue weighted by Crippen LogP contribution is -2.51. The van der Waals surface area contributed by atoms with Crippen LogP contribution in [0.25, 0.3) is 0 Å². The van der Waals surface area contributed by atoms with Gasteiger partial charge in [-0.3, -0.25) is 9.69 Å². The second-order valence-corrected chi connectivity index (χ2v) is 2.81. The number of hydrogen-bond donors (Lipinski definition) is 1. The van der Waals surface area contributed by atoms with Crippen LogP contribution in [0.3, 0.4) is 0 Å². The third-order valence-electron chi connectivity index (χ3n) is 1.90. The van der Waals surface area contributed by atoms with E-state index in [9.17, 15) is 13.6 Å². The Morgan fingerprint density at radius 2 is 2.38 bits per heavy atom. The van der Waals surface area contributed by atoms with Crippen LogP contribution in [0, 0.1) is 0 Å². The van der Waals surface area contributed by atoms with Crippen LogP contribution in [0.5, 0.6) is 0 Å². The number of carboxylic acids is 1. The number of aliphatic carboxylic acids is 1. The van der Waals surface area contributed by atoms with Gasteiger partial charge >= 0.3 is 5.97 Å². The molecule has 0 aromatic carbocycles. The fraction of sp³-hybridized carbons (Fsp3) is 0.857. The second kappa shape index (κ2) is 4.48. The van der Waals surface area contributed by atoms with E-state index in [1.54, 1.807) is 0 Å². The molecular formula is C7H11F2NO3. The van der Waals surface area contributed by atoms with Crippen LogP contribution in [0.2, 0.25) is 0 Å². The maximum Gasteiger partial charge on any atom is 0.323 e. The number of rotatable bonds is 3. The van der Waals surface area contributed by atoms with Gasteiger partial charge in [-0.2, -0.15) is 0 Å². The van der Waals surface area contributed by atoms with Gasteiger partial charge in [0.1, 0.15) is 6.04 Å². The number of halogens is 2. The van der Waals surface area contributed by atoms with E-state index in [0.717, 1.165) is 0 Å². The number of morpholine rings is 1. The van der Waals surface area contributed by atoms with E-state index in [1.807, 2.05) is 0 Å². The van der Waals surface area contributed by atoms with Crippen molar-refractivity contribution in [1.29, 1.82) is 0 Å². The van der Waals surface area contributed by atoms with Crippen molar-refractivity contribution in [2.24, 2.45) is 0 Å². The first kappa shape index (κ1) is 10.3. The molecule has 0 radical (unpaired) electrons. The van der Waals surface area contributed by atoms with Gasteiger partial charge in [-0.05, 0) is 0 Å². The Kier molecular flexibility index (Phi) is 3.56. The molecule has 0 amide bonds. The minimum Gasteiger partial charge on any atom is -0.480 e. The second-order valence-electron chi connectivity index (χ2n) is 2.81. The van der Waals surface area contributed by atoms with Gasteiger partial charge in [-0.1, -0.05) is 0 Å². The molecule has 0 spiro atoms. The molecule has 1 rings (SSSR count). The van der Waals surface area contributed by atoms with Crippen LogP contribution in [-0.2, 0) is 9.53 Å². The van der Waals surface area contributed by atoms with Crippen LogP contribution >= 0.6 is 0 Å².